The average molecular weight is 462 g/mol. The number of fused-ring (bicyclic) bond motifs is 1. The van der Waals surface area contributed by atoms with E-state index in [1.165, 1.54) is 5.56 Å². The van der Waals surface area contributed by atoms with Crippen LogP contribution in [-0.4, -0.2) is 37.7 Å². The summed E-state index contributed by atoms with van der Waals surface area (Å²) in [6.45, 7) is 14.1. The maximum atomic E-state index is 6.09. The van der Waals surface area contributed by atoms with E-state index in [0.717, 1.165) is 59.2 Å². The minimum absolute atomic E-state index is 0. The first-order valence-corrected chi connectivity index (χ1v) is 11.3. The van der Waals surface area contributed by atoms with Crippen LogP contribution >= 0.6 is 12.4 Å². The lowest BCUT2D eigenvalue weighted by atomic mass is 9.93. The summed E-state index contributed by atoms with van der Waals surface area (Å²) in [6, 6.07) is 10.4. The van der Waals surface area contributed by atoms with E-state index >= 15 is 0 Å². The van der Waals surface area contributed by atoms with Crippen molar-refractivity contribution in [2.45, 2.75) is 66.6 Å². The summed E-state index contributed by atoms with van der Waals surface area (Å²) in [7, 11) is 0. The van der Waals surface area contributed by atoms with Crippen LogP contribution in [0.25, 0.3) is 0 Å². The molecular formula is C26H36ClNO4. The second-order valence-electron chi connectivity index (χ2n) is 8.19. The van der Waals surface area contributed by atoms with Crippen LogP contribution in [0.15, 0.2) is 35.3 Å². The van der Waals surface area contributed by atoms with Gasteiger partial charge in [0.25, 0.3) is 0 Å². The van der Waals surface area contributed by atoms with Gasteiger partial charge in [-0.05, 0) is 83.4 Å². The third-order valence-electron chi connectivity index (χ3n) is 4.87. The van der Waals surface area contributed by atoms with Crippen LogP contribution in [0.3, 0.4) is 0 Å². The molecule has 0 saturated heterocycles. The van der Waals surface area contributed by atoms with Crippen molar-refractivity contribution in [3.8, 4) is 23.0 Å². The quantitative estimate of drug-likeness (QED) is 0.431. The summed E-state index contributed by atoms with van der Waals surface area (Å²) >= 11 is 0. The predicted molar refractivity (Wildman–Crippen MR) is 133 cm³/mol. The lowest BCUT2D eigenvalue weighted by Gasteiger charge is -2.23. The molecule has 0 N–H and O–H groups in total. The van der Waals surface area contributed by atoms with Gasteiger partial charge in [-0.25, -0.2) is 0 Å². The second kappa shape index (κ2) is 12.0. The zero-order valence-corrected chi connectivity index (χ0v) is 20.9. The Morgan fingerprint density at radius 2 is 1.44 bits per heavy atom. The van der Waals surface area contributed by atoms with E-state index in [1.807, 2.05) is 47.6 Å². The van der Waals surface area contributed by atoms with Crippen LogP contribution in [0.1, 0.15) is 58.2 Å². The fraction of sp³-hybridized carbons (Fsp3) is 0.500. The highest BCUT2D eigenvalue weighted by Gasteiger charge is 2.21. The Morgan fingerprint density at radius 1 is 0.812 bits per heavy atom. The summed E-state index contributed by atoms with van der Waals surface area (Å²) in [5.41, 5.74) is 4.61. The van der Waals surface area contributed by atoms with Gasteiger partial charge < -0.3 is 18.9 Å². The normalized spacial score (nSPS) is 12.7. The van der Waals surface area contributed by atoms with Crippen LogP contribution in [0.5, 0.6) is 23.0 Å². The number of aliphatic imine (C=N–C) groups is 1. The SMILES string of the molecule is CCOc1ccc(CC2=NCCc3cc(OC(C)C)c(OC(C)C)cc32)cc1OCC.Cl. The Bertz CT molecular complexity index is 924. The molecule has 1 aliphatic heterocycles. The number of rotatable bonds is 10. The number of hydrogen-bond donors (Lipinski definition) is 0. The van der Waals surface area contributed by atoms with Crippen molar-refractivity contribution < 1.29 is 18.9 Å². The van der Waals surface area contributed by atoms with Crippen LogP contribution < -0.4 is 18.9 Å². The average Bonchev–Trinajstić information content (AvgIpc) is 2.70. The van der Waals surface area contributed by atoms with Gasteiger partial charge in [-0.2, -0.15) is 0 Å². The van der Waals surface area contributed by atoms with E-state index < -0.39 is 0 Å². The Balaban J connectivity index is 0.00000363. The molecule has 0 fully saturated rings. The zero-order chi connectivity index (χ0) is 22.4. The van der Waals surface area contributed by atoms with E-state index in [0.29, 0.717) is 13.2 Å². The van der Waals surface area contributed by atoms with Gasteiger partial charge in [0.15, 0.2) is 23.0 Å². The minimum atomic E-state index is 0. The largest absolute Gasteiger partial charge is 0.490 e. The number of hydrogen-bond acceptors (Lipinski definition) is 5. The fourth-order valence-electron chi connectivity index (χ4n) is 3.72. The molecule has 5 nitrogen and oxygen atoms in total. The monoisotopic (exact) mass is 461 g/mol. The van der Waals surface area contributed by atoms with E-state index in [9.17, 15) is 0 Å². The Labute approximate surface area is 198 Å². The molecule has 0 unspecified atom stereocenters. The molecule has 3 rings (SSSR count). The van der Waals surface area contributed by atoms with Gasteiger partial charge in [0.05, 0.1) is 25.4 Å². The minimum Gasteiger partial charge on any atom is -0.490 e. The van der Waals surface area contributed by atoms with Gasteiger partial charge in [-0.3, -0.25) is 4.99 Å². The molecule has 0 radical (unpaired) electrons. The molecule has 0 saturated carbocycles. The number of ether oxygens (including phenoxy) is 4. The van der Waals surface area contributed by atoms with E-state index in [-0.39, 0.29) is 24.6 Å². The molecule has 2 aromatic carbocycles. The molecule has 6 heteroatoms. The third kappa shape index (κ3) is 6.55. The van der Waals surface area contributed by atoms with Gasteiger partial charge in [0, 0.05) is 24.2 Å². The first-order chi connectivity index (χ1) is 14.9. The molecule has 176 valence electrons. The number of halogens is 1. The smallest absolute Gasteiger partial charge is 0.162 e. The van der Waals surface area contributed by atoms with Gasteiger partial charge in [0.2, 0.25) is 0 Å². The zero-order valence-electron chi connectivity index (χ0n) is 20.1. The third-order valence-corrected chi connectivity index (χ3v) is 4.87. The Kier molecular flexibility index (Phi) is 9.70. The van der Waals surface area contributed by atoms with Crippen molar-refractivity contribution in [1.29, 1.82) is 0 Å². The first-order valence-electron chi connectivity index (χ1n) is 11.3. The lowest BCUT2D eigenvalue weighted by Crippen LogP contribution is -2.18. The predicted octanol–water partition coefficient (Wildman–Crippen LogP) is 6.07. The fourth-order valence-corrected chi connectivity index (χ4v) is 3.72. The van der Waals surface area contributed by atoms with Crippen LogP contribution in [0.2, 0.25) is 0 Å². The van der Waals surface area contributed by atoms with Crippen molar-refractivity contribution in [3.05, 3.63) is 47.0 Å². The van der Waals surface area contributed by atoms with Gasteiger partial charge in [-0.1, -0.05) is 6.07 Å². The number of nitrogens with zero attached hydrogens (tertiary/aromatic N) is 1. The summed E-state index contributed by atoms with van der Waals surface area (Å²) in [6.07, 6.45) is 1.79. The van der Waals surface area contributed by atoms with Gasteiger partial charge >= 0.3 is 0 Å². The summed E-state index contributed by atoms with van der Waals surface area (Å²) in [5.74, 6) is 3.15. The topological polar surface area (TPSA) is 49.3 Å². The molecule has 0 atom stereocenters. The number of benzene rings is 2. The highest BCUT2D eigenvalue weighted by molar-refractivity contribution is 6.04. The highest BCUT2D eigenvalue weighted by atomic mass is 35.5. The summed E-state index contributed by atoms with van der Waals surface area (Å²) in [5, 5.41) is 0. The van der Waals surface area contributed by atoms with E-state index in [1.54, 1.807) is 0 Å². The highest BCUT2D eigenvalue weighted by Crippen LogP contribution is 2.35. The lowest BCUT2D eigenvalue weighted by molar-refractivity contribution is 0.198. The van der Waals surface area contributed by atoms with Crippen molar-refractivity contribution in [2.24, 2.45) is 4.99 Å². The maximum absolute atomic E-state index is 6.09. The Hall–Kier alpha value is -2.40. The standard InChI is InChI=1S/C26H35NO4.ClH/c1-7-28-23-10-9-19(14-24(23)29-8-2)13-22-21-16-26(31-18(5)6)25(30-17(3)4)15-20(21)11-12-27-22;/h9-10,14-18H,7-8,11-13H2,1-6H3;1H. The molecular weight excluding hydrogens is 426 g/mol. The van der Waals surface area contributed by atoms with Crippen LogP contribution in [-0.2, 0) is 12.8 Å². The summed E-state index contributed by atoms with van der Waals surface area (Å²) < 4.78 is 23.6. The van der Waals surface area contributed by atoms with E-state index in [2.05, 4.69) is 24.3 Å². The molecule has 0 spiro atoms. The molecule has 0 aromatic heterocycles. The van der Waals surface area contributed by atoms with Gasteiger partial charge in [-0.15, -0.1) is 12.4 Å². The van der Waals surface area contributed by atoms with Crippen LogP contribution in [0.4, 0.5) is 0 Å². The molecule has 1 aliphatic rings. The molecule has 32 heavy (non-hydrogen) atoms. The molecule has 1 heterocycles. The Morgan fingerprint density at radius 3 is 2.06 bits per heavy atom. The second-order valence-corrected chi connectivity index (χ2v) is 8.19. The van der Waals surface area contributed by atoms with Crippen molar-refractivity contribution in [2.75, 3.05) is 19.8 Å². The van der Waals surface area contributed by atoms with Crippen molar-refractivity contribution >= 4 is 18.1 Å². The van der Waals surface area contributed by atoms with Crippen LogP contribution in [0, 0.1) is 0 Å². The van der Waals surface area contributed by atoms with E-state index in [4.69, 9.17) is 23.9 Å². The molecule has 2 aromatic rings. The summed E-state index contributed by atoms with van der Waals surface area (Å²) in [4.78, 5) is 4.86. The maximum Gasteiger partial charge on any atom is 0.162 e. The molecule has 0 bridgehead atoms. The van der Waals surface area contributed by atoms with Gasteiger partial charge in [0.1, 0.15) is 0 Å². The van der Waals surface area contributed by atoms with Crippen molar-refractivity contribution in [3.63, 3.8) is 0 Å². The molecule has 0 aliphatic carbocycles. The molecule has 0 amide bonds. The first kappa shape index (κ1) is 25.9. The van der Waals surface area contributed by atoms with Crippen molar-refractivity contribution in [1.82, 2.24) is 0 Å².